The molecule has 2 aromatic carbocycles. The van der Waals surface area contributed by atoms with Crippen molar-refractivity contribution in [3.63, 3.8) is 0 Å². The minimum atomic E-state index is -0.691. The molecule has 0 aliphatic carbocycles. The highest BCUT2D eigenvalue weighted by Crippen LogP contribution is 2.27. The molecule has 7 nitrogen and oxygen atoms in total. The molecule has 0 heterocycles. The average molecular weight is 385 g/mol. The van der Waals surface area contributed by atoms with E-state index in [9.17, 15) is 20.2 Å². The predicted molar refractivity (Wildman–Crippen MR) is 105 cm³/mol. The molecule has 2 aromatic rings. The van der Waals surface area contributed by atoms with Crippen LogP contribution in [-0.4, -0.2) is 10.8 Å². The number of benzene rings is 2. The summed E-state index contributed by atoms with van der Waals surface area (Å²) in [6, 6.07) is 9.66. The summed E-state index contributed by atoms with van der Waals surface area (Å²) in [5, 5.41) is 25.6. The fourth-order valence-corrected chi connectivity index (χ4v) is 2.82. The summed E-state index contributed by atoms with van der Waals surface area (Å²) in [6.07, 6.45) is 1.31. The van der Waals surface area contributed by atoms with Crippen molar-refractivity contribution in [3.05, 3.63) is 73.9 Å². The van der Waals surface area contributed by atoms with Gasteiger partial charge in [-0.05, 0) is 44.0 Å². The lowest BCUT2D eigenvalue weighted by molar-refractivity contribution is -0.384. The van der Waals surface area contributed by atoms with Crippen molar-refractivity contribution in [1.82, 2.24) is 0 Å². The molecule has 0 radical (unpaired) electrons. The summed E-state index contributed by atoms with van der Waals surface area (Å²) < 4.78 is 0. The number of rotatable bonds is 5. The molecule has 0 aromatic heterocycles. The Balaban J connectivity index is 2.22. The first kappa shape index (κ1) is 19.9. The number of carbonyl (C=O) groups excluding carboxylic acids is 1. The molecule has 8 heteroatoms. The summed E-state index contributed by atoms with van der Waals surface area (Å²) in [5.74, 6) is -0.691. The number of amides is 1. The van der Waals surface area contributed by atoms with Gasteiger partial charge in [-0.3, -0.25) is 14.9 Å². The average Bonchev–Trinajstić information content (AvgIpc) is 2.58. The second-order valence-electron chi connectivity index (χ2n) is 5.97. The van der Waals surface area contributed by atoms with Gasteiger partial charge in [-0.2, -0.15) is 5.26 Å². The number of hydrogen-bond donors (Lipinski definition) is 2. The molecule has 0 spiro atoms. The zero-order valence-electron chi connectivity index (χ0n) is 15.0. The third-order valence-corrected chi connectivity index (χ3v) is 4.12. The maximum atomic E-state index is 12.3. The fourth-order valence-electron chi connectivity index (χ4n) is 2.63. The molecule has 0 bridgehead atoms. The van der Waals surface area contributed by atoms with E-state index in [2.05, 4.69) is 10.6 Å². The second-order valence-corrected chi connectivity index (χ2v) is 6.37. The van der Waals surface area contributed by atoms with Gasteiger partial charge in [0, 0.05) is 23.6 Å². The Morgan fingerprint density at radius 3 is 2.41 bits per heavy atom. The van der Waals surface area contributed by atoms with Gasteiger partial charge in [0.05, 0.1) is 4.92 Å². The molecule has 0 atom stereocenters. The summed E-state index contributed by atoms with van der Waals surface area (Å²) in [6.45, 7) is 5.84. The third kappa shape index (κ3) is 4.84. The van der Waals surface area contributed by atoms with E-state index in [-0.39, 0.29) is 22.0 Å². The van der Waals surface area contributed by atoms with Gasteiger partial charge in [0.2, 0.25) is 0 Å². The Bertz CT molecular complexity index is 970. The van der Waals surface area contributed by atoms with E-state index in [1.807, 2.05) is 39.0 Å². The number of nitro benzene ring substituents is 1. The molecule has 0 saturated heterocycles. The SMILES string of the molecule is Cc1cc(C)c(N/C=C(/C#N)C(=O)Nc2ccc(Cl)c([N+](=O)[O-])c2)c(C)c1. The number of halogens is 1. The summed E-state index contributed by atoms with van der Waals surface area (Å²) in [5.41, 5.74) is 3.54. The number of carbonyl (C=O) groups is 1. The van der Waals surface area contributed by atoms with Crippen LogP contribution in [0, 0.1) is 42.2 Å². The minimum absolute atomic E-state index is 0.0407. The molecule has 2 rings (SSSR count). The Hall–Kier alpha value is -3.37. The lowest BCUT2D eigenvalue weighted by Gasteiger charge is -2.11. The van der Waals surface area contributed by atoms with Crippen LogP contribution < -0.4 is 10.6 Å². The molecule has 0 saturated carbocycles. The van der Waals surface area contributed by atoms with Crippen LogP contribution in [0.2, 0.25) is 5.02 Å². The summed E-state index contributed by atoms with van der Waals surface area (Å²) in [7, 11) is 0. The first-order chi connectivity index (χ1) is 12.7. The fraction of sp³-hybridized carbons (Fsp3) is 0.158. The number of nitrogens with zero attached hydrogens (tertiary/aromatic N) is 2. The Morgan fingerprint density at radius 2 is 1.85 bits per heavy atom. The highest BCUT2D eigenvalue weighted by Gasteiger charge is 2.15. The second kappa shape index (κ2) is 8.34. The Labute approximate surface area is 161 Å². The topological polar surface area (TPSA) is 108 Å². The van der Waals surface area contributed by atoms with Crippen molar-refractivity contribution in [2.45, 2.75) is 20.8 Å². The molecule has 27 heavy (non-hydrogen) atoms. The van der Waals surface area contributed by atoms with E-state index < -0.39 is 10.8 Å². The van der Waals surface area contributed by atoms with Gasteiger partial charge in [0.1, 0.15) is 16.7 Å². The van der Waals surface area contributed by atoms with Crippen molar-refractivity contribution in [1.29, 1.82) is 5.26 Å². The van der Waals surface area contributed by atoms with Crippen molar-refractivity contribution < 1.29 is 9.72 Å². The molecule has 0 aliphatic rings. The van der Waals surface area contributed by atoms with Crippen LogP contribution in [0.25, 0.3) is 0 Å². The van der Waals surface area contributed by atoms with Crippen LogP contribution in [0.3, 0.4) is 0 Å². The van der Waals surface area contributed by atoms with Crippen LogP contribution in [0.15, 0.2) is 42.1 Å². The summed E-state index contributed by atoms with van der Waals surface area (Å²) in [4.78, 5) is 22.6. The smallest absolute Gasteiger partial charge is 0.289 e. The highest BCUT2D eigenvalue weighted by atomic mass is 35.5. The molecular formula is C19H17ClN4O3. The van der Waals surface area contributed by atoms with Gasteiger partial charge < -0.3 is 10.6 Å². The number of aryl methyl sites for hydroxylation is 3. The Morgan fingerprint density at radius 1 is 1.22 bits per heavy atom. The zero-order chi connectivity index (χ0) is 20.1. The van der Waals surface area contributed by atoms with Crippen LogP contribution in [0.1, 0.15) is 16.7 Å². The number of nitriles is 1. The first-order valence-electron chi connectivity index (χ1n) is 7.93. The standard InChI is InChI=1S/C19H17ClN4O3/c1-11-6-12(2)18(13(3)7-11)22-10-14(9-21)19(25)23-15-4-5-16(20)17(8-15)24(26)27/h4-8,10,22H,1-3H3,(H,23,25)/b14-10-. The van der Waals surface area contributed by atoms with Gasteiger partial charge in [-0.15, -0.1) is 0 Å². The lowest BCUT2D eigenvalue weighted by atomic mass is 10.1. The normalized spacial score (nSPS) is 10.9. The van der Waals surface area contributed by atoms with E-state index in [0.717, 1.165) is 28.4 Å². The van der Waals surface area contributed by atoms with Gasteiger partial charge >= 0.3 is 0 Å². The van der Waals surface area contributed by atoms with E-state index in [4.69, 9.17) is 11.6 Å². The largest absolute Gasteiger partial charge is 0.360 e. The van der Waals surface area contributed by atoms with Gasteiger partial charge in [0.15, 0.2) is 0 Å². The van der Waals surface area contributed by atoms with Crippen LogP contribution in [-0.2, 0) is 4.79 Å². The maximum Gasteiger partial charge on any atom is 0.289 e. The molecule has 138 valence electrons. The van der Waals surface area contributed by atoms with Gasteiger partial charge in [0.25, 0.3) is 11.6 Å². The van der Waals surface area contributed by atoms with Gasteiger partial charge in [-0.1, -0.05) is 29.3 Å². The monoisotopic (exact) mass is 384 g/mol. The predicted octanol–water partition coefficient (Wildman–Crippen LogP) is 4.63. The van der Waals surface area contributed by atoms with E-state index in [1.165, 1.54) is 18.3 Å². The third-order valence-electron chi connectivity index (χ3n) is 3.80. The lowest BCUT2D eigenvalue weighted by Crippen LogP contribution is -2.15. The number of hydrogen-bond acceptors (Lipinski definition) is 5. The molecule has 2 N–H and O–H groups in total. The van der Waals surface area contributed by atoms with E-state index >= 15 is 0 Å². The molecule has 0 unspecified atom stereocenters. The van der Waals surface area contributed by atoms with Crippen molar-refractivity contribution in [3.8, 4) is 6.07 Å². The van der Waals surface area contributed by atoms with Crippen molar-refractivity contribution in [2.24, 2.45) is 0 Å². The Kier molecular flexibility index (Phi) is 6.16. The number of nitro groups is 1. The van der Waals surface area contributed by atoms with Crippen LogP contribution in [0.5, 0.6) is 0 Å². The van der Waals surface area contributed by atoms with Gasteiger partial charge in [-0.25, -0.2) is 0 Å². The van der Waals surface area contributed by atoms with Crippen molar-refractivity contribution in [2.75, 3.05) is 10.6 Å². The first-order valence-corrected chi connectivity index (χ1v) is 8.30. The van der Waals surface area contributed by atoms with Crippen LogP contribution >= 0.6 is 11.6 Å². The maximum absolute atomic E-state index is 12.3. The molecule has 1 amide bonds. The highest BCUT2D eigenvalue weighted by molar-refractivity contribution is 6.32. The minimum Gasteiger partial charge on any atom is -0.360 e. The molecule has 0 aliphatic heterocycles. The van der Waals surface area contributed by atoms with E-state index in [1.54, 1.807) is 0 Å². The van der Waals surface area contributed by atoms with Crippen LogP contribution in [0.4, 0.5) is 17.1 Å². The van der Waals surface area contributed by atoms with Crippen molar-refractivity contribution >= 4 is 34.6 Å². The summed E-state index contributed by atoms with van der Waals surface area (Å²) >= 11 is 5.75. The molecule has 0 fully saturated rings. The zero-order valence-corrected chi connectivity index (χ0v) is 15.7. The number of anilines is 2. The quantitative estimate of drug-likeness (QED) is 0.338. The molecular weight excluding hydrogens is 368 g/mol. The number of nitrogens with one attached hydrogen (secondary N) is 2. The van der Waals surface area contributed by atoms with E-state index in [0.29, 0.717) is 0 Å².